The molecule has 3 aromatic rings. The lowest BCUT2D eigenvalue weighted by molar-refractivity contribution is 0.756. The molecule has 80 valence electrons. The van der Waals surface area contributed by atoms with Crippen molar-refractivity contribution in [2.24, 2.45) is 7.05 Å². The molecule has 16 heavy (non-hydrogen) atoms. The molecule has 0 saturated carbocycles. The van der Waals surface area contributed by atoms with E-state index in [0.717, 1.165) is 27.9 Å². The first kappa shape index (κ1) is 9.47. The molecule has 1 aromatic carbocycles. The van der Waals surface area contributed by atoms with Crippen LogP contribution in [0.3, 0.4) is 0 Å². The van der Waals surface area contributed by atoms with Gasteiger partial charge >= 0.3 is 0 Å². The van der Waals surface area contributed by atoms with Gasteiger partial charge in [0.1, 0.15) is 11.0 Å². The second-order valence-corrected chi connectivity index (χ2v) is 4.30. The van der Waals surface area contributed by atoms with Crippen molar-refractivity contribution in [2.45, 2.75) is 6.92 Å². The first-order chi connectivity index (χ1) is 7.74. The molecule has 0 N–H and O–H groups in total. The second kappa shape index (κ2) is 3.38. The van der Waals surface area contributed by atoms with Gasteiger partial charge in [-0.1, -0.05) is 6.07 Å². The molecule has 0 fully saturated rings. The van der Waals surface area contributed by atoms with Gasteiger partial charge in [-0.3, -0.25) is 4.68 Å². The fourth-order valence-corrected chi connectivity index (χ4v) is 2.35. The SMILES string of the molecule is Cc1nn(C)cc1-c1ccc2nsnc2c1. The summed E-state index contributed by atoms with van der Waals surface area (Å²) < 4.78 is 10.3. The summed E-state index contributed by atoms with van der Waals surface area (Å²) in [5.74, 6) is 0. The number of nitrogens with zero attached hydrogens (tertiary/aromatic N) is 4. The number of benzene rings is 1. The van der Waals surface area contributed by atoms with Crippen LogP contribution < -0.4 is 0 Å². The van der Waals surface area contributed by atoms with Gasteiger partial charge in [-0.15, -0.1) is 0 Å². The zero-order valence-electron chi connectivity index (χ0n) is 9.01. The molecule has 0 radical (unpaired) electrons. The highest BCUT2D eigenvalue weighted by atomic mass is 32.1. The number of hydrogen-bond acceptors (Lipinski definition) is 4. The van der Waals surface area contributed by atoms with E-state index in [1.807, 2.05) is 30.9 Å². The Bertz CT molecular complexity index is 653. The summed E-state index contributed by atoms with van der Waals surface area (Å²) >= 11 is 1.25. The third-order valence-corrected chi connectivity index (χ3v) is 3.13. The summed E-state index contributed by atoms with van der Waals surface area (Å²) in [5, 5.41) is 4.34. The number of hydrogen-bond donors (Lipinski definition) is 0. The first-order valence-corrected chi connectivity index (χ1v) is 5.70. The van der Waals surface area contributed by atoms with Crippen molar-refractivity contribution in [1.82, 2.24) is 18.5 Å². The molecule has 3 rings (SSSR count). The molecule has 0 unspecified atom stereocenters. The van der Waals surface area contributed by atoms with Gasteiger partial charge in [-0.05, 0) is 24.6 Å². The van der Waals surface area contributed by atoms with Crippen LogP contribution in [0.5, 0.6) is 0 Å². The fourth-order valence-electron chi connectivity index (χ4n) is 1.83. The zero-order valence-corrected chi connectivity index (χ0v) is 9.82. The van der Waals surface area contributed by atoms with Crippen molar-refractivity contribution in [2.75, 3.05) is 0 Å². The molecule has 0 spiro atoms. The Hall–Kier alpha value is -1.75. The normalized spacial score (nSPS) is 11.1. The Morgan fingerprint density at radius 2 is 2.00 bits per heavy atom. The summed E-state index contributed by atoms with van der Waals surface area (Å²) in [6.45, 7) is 2.01. The van der Waals surface area contributed by atoms with Gasteiger partial charge < -0.3 is 0 Å². The zero-order chi connectivity index (χ0) is 11.1. The average Bonchev–Trinajstić information content (AvgIpc) is 2.83. The van der Waals surface area contributed by atoms with E-state index in [-0.39, 0.29) is 0 Å². The molecule has 0 bridgehead atoms. The molecular formula is C11H10N4S. The molecule has 0 aliphatic rings. The molecule has 0 aliphatic carbocycles. The lowest BCUT2D eigenvalue weighted by Gasteiger charge is -1.97. The van der Waals surface area contributed by atoms with Crippen molar-refractivity contribution in [3.05, 3.63) is 30.1 Å². The molecule has 4 nitrogen and oxygen atoms in total. The molecule has 2 heterocycles. The Morgan fingerprint density at radius 1 is 1.19 bits per heavy atom. The van der Waals surface area contributed by atoms with Crippen LogP contribution in [0.4, 0.5) is 0 Å². The maximum absolute atomic E-state index is 4.34. The minimum absolute atomic E-state index is 0.950. The van der Waals surface area contributed by atoms with Gasteiger partial charge in [-0.25, -0.2) is 0 Å². The van der Waals surface area contributed by atoms with E-state index in [2.05, 4.69) is 26.0 Å². The van der Waals surface area contributed by atoms with E-state index < -0.39 is 0 Å². The molecule has 2 aromatic heterocycles. The highest BCUT2D eigenvalue weighted by Gasteiger charge is 2.07. The number of fused-ring (bicyclic) bond motifs is 1. The molecule has 0 aliphatic heterocycles. The van der Waals surface area contributed by atoms with E-state index in [9.17, 15) is 0 Å². The Labute approximate surface area is 96.9 Å². The summed E-state index contributed by atoms with van der Waals surface area (Å²) in [7, 11) is 1.93. The molecule has 0 saturated heterocycles. The quantitative estimate of drug-likeness (QED) is 0.644. The first-order valence-electron chi connectivity index (χ1n) is 4.97. The van der Waals surface area contributed by atoms with E-state index in [1.54, 1.807) is 0 Å². The van der Waals surface area contributed by atoms with Crippen molar-refractivity contribution in [3.8, 4) is 11.1 Å². The number of aromatic nitrogens is 4. The van der Waals surface area contributed by atoms with Crippen molar-refractivity contribution >= 4 is 22.8 Å². The maximum Gasteiger partial charge on any atom is 0.105 e. The summed E-state index contributed by atoms with van der Waals surface area (Å²) in [6, 6.07) is 6.12. The summed E-state index contributed by atoms with van der Waals surface area (Å²) in [4.78, 5) is 0. The van der Waals surface area contributed by atoms with Crippen LogP contribution in [-0.2, 0) is 7.05 Å². The Kier molecular flexibility index (Phi) is 2.00. The third kappa shape index (κ3) is 1.40. The highest BCUT2D eigenvalue weighted by molar-refractivity contribution is 7.00. The van der Waals surface area contributed by atoms with Gasteiger partial charge in [0.2, 0.25) is 0 Å². The lowest BCUT2D eigenvalue weighted by atomic mass is 10.1. The van der Waals surface area contributed by atoms with Gasteiger partial charge in [0, 0.05) is 18.8 Å². The monoisotopic (exact) mass is 230 g/mol. The molecule has 0 amide bonds. The third-order valence-electron chi connectivity index (χ3n) is 2.58. The van der Waals surface area contributed by atoms with Gasteiger partial charge in [0.25, 0.3) is 0 Å². The molecular weight excluding hydrogens is 220 g/mol. The predicted molar refractivity (Wildman–Crippen MR) is 64.4 cm³/mol. The minimum atomic E-state index is 0.950. The van der Waals surface area contributed by atoms with Gasteiger partial charge in [0.05, 0.1) is 17.4 Å². The second-order valence-electron chi connectivity index (χ2n) is 3.77. The van der Waals surface area contributed by atoms with Crippen LogP contribution in [-0.4, -0.2) is 18.5 Å². The van der Waals surface area contributed by atoms with E-state index in [0.29, 0.717) is 0 Å². The lowest BCUT2D eigenvalue weighted by Crippen LogP contribution is -1.86. The maximum atomic E-state index is 4.34. The minimum Gasteiger partial charge on any atom is -0.275 e. The van der Waals surface area contributed by atoms with Gasteiger partial charge in [-0.2, -0.15) is 13.8 Å². The number of rotatable bonds is 1. The standard InChI is InChI=1S/C11H10N4S/c1-7-9(6-15(2)12-7)8-3-4-10-11(5-8)14-16-13-10/h3-6H,1-2H3. The van der Waals surface area contributed by atoms with Gasteiger partial charge in [0.15, 0.2) is 0 Å². The largest absolute Gasteiger partial charge is 0.275 e. The van der Waals surface area contributed by atoms with E-state index >= 15 is 0 Å². The Balaban J connectivity index is 2.21. The summed E-state index contributed by atoms with van der Waals surface area (Å²) in [5.41, 5.74) is 5.23. The van der Waals surface area contributed by atoms with E-state index in [1.165, 1.54) is 11.7 Å². The van der Waals surface area contributed by atoms with Crippen LogP contribution in [0.15, 0.2) is 24.4 Å². The molecule has 5 heteroatoms. The van der Waals surface area contributed by atoms with Crippen molar-refractivity contribution in [3.63, 3.8) is 0 Å². The number of aryl methyl sites for hydroxylation is 2. The van der Waals surface area contributed by atoms with Crippen LogP contribution in [0, 0.1) is 6.92 Å². The summed E-state index contributed by atoms with van der Waals surface area (Å²) in [6.07, 6.45) is 2.02. The predicted octanol–water partition coefficient (Wildman–Crippen LogP) is 2.40. The van der Waals surface area contributed by atoms with Crippen LogP contribution in [0.25, 0.3) is 22.2 Å². The smallest absolute Gasteiger partial charge is 0.105 e. The van der Waals surface area contributed by atoms with E-state index in [4.69, 9.17) is 0 Å². The fraction of sp³-hybridized carbons (Fsp3) is 0.182. The molecule has 0 atom stereocenters. The van der Waals surface area contributed by atoms with Crippen molar-refractivity contribution < 1.29 is 0 Å². The van der Waals surface area contributed by atoms with Crippen LogP contribution in [0.2, 0.25) is 0 Å². The van der Waals surface area contributed by atoms with Crippen molar-refractivity contribution in [1.29, 1.82) is 0 Å². The topological polar surface area (TPSA) is 43.6 Å². The van der Waals surface area contributed by atoms with Crippen LogP contribution >= 0.6 is 11.7 Å². The van der Waals surface area contributed by atoms with Crippen LogP contribution in [0.1, 0.15) is 5.69 Å². The Morgan fingerprint density at radius 3 is 2.75 bits per heavy atom. The average molecular weight is 230 g/mol. The highest BCUT2D eigenvalue weighted by Crippen LogP contribution is 2.25.